The highest BCUT2D eigenvalue weighted by molar-refractivity contribution is 5.47. The lowest BCUT2D eigenvalue weighted by molar-refractivity contribution is -0.386. The average Bonchev–Trinajstić information content (AvgIpc) is 2.25. The minimum Gasteiger partial charge on any atom is -0.389 e. The molecule has 1 heterocycles. The van der Waals surface area contributed by atoms with Crippen LogP contribution in [0.4, 0.5) is 5.69 Å². The maximum Gasteiger partial charge on any atom is 0.278 e. The topological polar surface area (TPSA) is 88.3 Å². The molecule has 0 saturated carbocycles. The van der Waals surface area contributed by atoms with Crippen LogP contribution in [0, 0.1) is 24.0 Å². The number of rotatable bonds is 5. The maximum absolute atomic E-state index is 11.1. The Morgan fingerprint density at radius 1 is 1.35 bits per heavy atom. The fourth-order valence-corrected chi connectivity index (χ4v) is 1.75. The van der Waals surface area contributed by atoms with Gasteiger partial charge in [0.2, 0.25) is 0 Å². The molecule has 0 aliphatic rings. The number of aliphatic hydroxyl groups is 1. The third kappa shape index (κ3) is 3.32. The van der Waals surface area contributed by atoms with Gasteiger partial charge in [0.25, 0.3) is 5.69 Å². The van der Waals surface area contributed by atoms with E-state index in [4.69, 9.17) is 0 Å². The molecule has 0 fully saturated rings. The summed E-state index contributed by atoms with van der Waals surface area (Å²) in [6.45, 7) is 10.9. The molecule has 0 amide bonds. The highest BCUT2D eigenvalue weighted by Crippen LogP contribution is 2.25. The minimum absolute atomic E-state index is 0.109. The molecule has 6 nitrogen and oxygen atoms in total. The van der Waals surface area contributed by atoms with Crippen molar-refractivity contribution in [1.29, 1.82) is 0 Å². The first kappa shape index (κ1) is 16.5. The number of hydrogen-bond acceptors (Lipinski definition) is 5. The zero-order valence-corrected chi connectivity index (χ0v) is 12.9. The lowest BCUT2D eigenvalue weighted by Crippen LogP contribution is -2.55. The first-order valence-electron chi connectivity index (χ1n) is 6.54. The summed E-state index contributed by atoms with van der Waals surface area (Å²) in [4.78, 5) is 15.0. The highest BCUT2D eigenvalue weighted by atomic mass is 16.6. The molecule has 1 aromatic rings. The molecule has 0 unspecified atom stereocenters. The van der Waals surface area contributed by atoms with Gasteiger partial charge >= 0.3 is 0 Å². The van der Waals surface area contributed by atoms with Crippen molar-refractivity contribution in [3.63, 3.8) is 0 Å². The first-order chi connectivity index (χ1) is 8.97. The first-order valence-corrected chi connectivity index (χ1v) is 6.54. The van der Waals surface area contributed by atoms with E-state index < -0.39 is 11.1 Å². The summed E-state index contributed by atoms with van der Waals surface area (Å²) in [7, 11) is 0. The summed E-state index contributed by atoms with van der Waals surface area (Å²) in [5.41, 5.74) is 0.391. The van der Waals surface area contributed by atoms with Crippen LogP contribution < -0.4 is 5.32 Å². The van der Waals surface area contributed by atoms with Gasteiger partial charge in [-0.15, -0.1) is 0 Å². The monoisotopic (exact) mass is 281 g/mol. The van der Waals surface area contributed by atoms with Crippen LogP contribution >= 0.6 is 0 Å². The van der Waals surface area contributed by atoms with Crippen LogP contribution in [-0.2, 0) is 6.54 Å². The van der Waals surface area contributed by atoms with Gasteiger partial charge in [0, 0.05) is 29.4 Å². The van der Waals surface area contributed by atoms with E-state index in [9.17, 15) is 15.2 Å². The zero-order chi connectivity index (χ0) is 15.7. The van der Waals surface area contributed by atoms with E-state index in [0.29, 0.717) is 23.4 Å². The number of hydrogen-bond donors (Lipinski definition) is 2. The Morgan fingerprint density at radius 2 is 1.90 bits per heavy atom. The molecule has 0 spiro atoms. The molecule has 2 N–H and O–H groups in total. The number of nitrogens with zero attached hydrogens (tertiary/aromatic N) is 2. The van der Waals surface area contributed by atoms with Gasteiger partial charge in [-0.1, -0.05) is 0 Å². The van der Waals surface area contributed by atoms with Gasteiger partial charge in [-0.05, 0) is 41.5 Å². The Balaban J connectivity index is 3.01. The van der Waals surface area contributed by atoms with Crippen molar-refractivity contribution < 1.29 is 10.0 Å². The van der Waals surface area contributed by atoms with Gasteiger partial charge in [-0.3, -0.25) is 15.1 Å². The molecule has 0 bridgehead atoms. The Morgan fingerprint density at radius 3 is 2.35 bits per heavy atom. The molecule has 1 rings (SSSR count). The van der Waals surface area contributed by atoms with Gasteiger partial charge in [0.15, 0.2) is 0 Å². The van der Waals surface area contributed by atoms with Crippen molar-refractivity contribution in [3.05, 3.63) is 33.1 Å². The maximum atomic E-state index is 11.1. The van der Waals surface area contributed by atoms with Crippen molar-refractivity contribution in [2.75, 3.05) is 0 Å². The summed E-state index contributed by atoms with van der Waals surface area (Å²) in [5, 5.41) is 24.4. The third-order valence-corrected chi connectivity index (χ3v) is 3.99. The molecule has 20 heavy (non-hydrogen) atoms. The van der Waals surface area contributed by atoms with E-state index in [2.05, 4.69) is 10.3 Å². The average molecular weight is 281 g/mol. The quantitative estimate of drug-likeness (QED) is 0.638. The SMILES string of the molecule is Cc1cnc(CNC(C)(C)C(C)(C)O)c(C)c1[N+](=O)[O-]. The number of nitro groups is 1. The van der Waals surface area contributed by atoms with Crippen molar-refractivity contribution >= 4 is 5.69 Å². The second-order valence-corrected chi connectivity index (χ2v) is 6.16. The molecule has 0 saturated heterocycles. The predicted molar refractivity (Wildman–Crippen MR) is 77.6 cm³/mol. The van der Waals surface area contributed by atoms with Crippen molar-refractivity contribution in [1.82, 2.24) is 10.3 Å². The van der Waals surface area contributed by atoms with Crippen molar-refractivity contribution in [2.45, 2.75) is 59.2 Å². The molecule has 6 heteroatoms. The number of aromatic nitrogens is 1. The second-order valence-electron chi connectivity index (χ2n) is 6.16. The van der Waals surface area contributed by atoms with Crippen LogP contribution in [-0.4, -0.2) is 26.2 Å². The zero-order valence-electron chi connectivity index (χ0n) is 12.9. The van der Waals surface area contributed by atoms with Gasteiger partial charge in [-0.2, -0.15) is 0 Å². The van der Waals surface area contributed by atoms with E-state index in [1.165, 1.54) is 6.20 Å². The minimum atomic E-state index is -0.919. The van der Waals surface area contributed by atoms with E-state index in [1.54, 1.807) is 27.7 Å². The summed E-state index contributed by atoms with van der Waals surface area (Å²) in [6, 6.07) is 0. The van der Waals surface area contributed by atoms with E-state index in [1.807, 2.05) is 13.8 Å². The smallest absolute Gasteiger partial charge is 0.278 e. The summed E-state index contributed by atoms with van der Waals surface area (Å²) in [6.07, 6.45) is 1.51. The highest BCUT2D eigenvalue weighted by Gasteiger charge is 2.34. The van der Waals surface area contributed by atoms with Crippen molar-refractivity contribution in [3.8, 4) is 0 Å². The predicted octanol–water partition coefficient (Wildman–Crippen LogP) is 2.25. The van der Waals surface area contributed by atoms with E-state index >= 15 is 0 Å². The van der Waals surface area contributed by atoms with Crippen LogP contribution in [0.5, 0.6) is 0 Å². The van der Waals surface area contributed by atoms with Crippen LogP contribution in [0.25, 0.3) is 0 Å². The van der Waals surface area contributed by atoms with E-state index in [0.717, 1.165) is 0 Å². The van der Waals surface area contributed by atoms with Crippen LogP contribution in [0.3, 0.4) is 0 Å². The molecule has 1 aromatic heterocycles. The molecular formula is C14H23N3O3. The summed E-state index contributed by atoms with van der Waals surface area (Å²) in [5.74, 6) is 0. The fourth-order valence-electron chi connectivity index (χ4n) is 1.75. The third-order valence-electron chi connectivity index (χ3n) is 3.99. The Bertz CT molecular complexity index is 519. The van der Waals surface area contributed by atoms with Crippen LogP contribution in [0.2, 0.25) is 0 Å². The molecule has 0 radical (unpaired) electrons. The molecule has 0 aliphatic carbocycles. The summed E-state index contributed by atoms with van der Waals surface area (Å²) >= 11 is 0. The molecule has 0 atom stereocenters. The Labute approximate surface area is 119 Å². The van der Waals surface area contributed by atoms with Gasteiger partial charge in [-0.25, -0.2) is 0 Å². The molecule has 0 aromatic carbocycles. The molecule has 0 aliphatic heterocycles. The van der Waals surface area contributed by atoms with Crippen LogP contribution in [0.15, 0.2) is 6.20 Å². The largest absolute Gasteiger partial charge is 0.389 e. The lowest BCUT2D eigenvalue weighted by Gasteiger charge is -2.38. The molecule has 112 valence electrons. The number of aryl methyl sites for hydroxylation is 1. The Kier molecular flexibility index (Phi) is 4.51. The van der Waals surface area contributed by atoms with Crippen LogP contribution in [0.1, 0.15) is 44.5 Å². The van der Waals surface area contributed by atoms with Gasteiger partial charge in [0.05, 0.1) is 16.2 Å². The van der Waals surface area contributed by atoms with Gasteiger partial charge < -0.3 is 10.4 Å². The van der Waals surface area contributed by atoms with Crippen molar-refractivity contribution in [2.24, 2.45) is 0 Å². The second kappa shape index (κ2) is 5.46. The standard InChI is InChI=1S/C14H23N3O3/c1-9-7-15-11(10(2)12(9)17(19)20)8-16-13(3,4)14(5,6)18/h7,16,18H,8H2,1-6H3. The normalized spacial score (nSPS) is 12.6. The molecular weight excluding hydrogens is 258 g/mol. The lowest BCUT2D eigenvalue weighted by atomic mass is 9.86. The Hall–Kier alpha value is -1.53. The number of pyridine rings is 1. The van der Waals surface area contributed by atoms with Gasteiger partial charge in [0.1, 0.15) is 0 Å². The van der Waals surface area contributed by atoms with E-state index in [-0.39, 0.29) is 10.6 Å². The fraction of sp³-hybridized carbons (Fsp3) is 0.643. The number of nitrogens with one attached hydrogen (secondary N) is 1. The summed E-state index contributed by atoms with van der Waals surface area (Å²) < 4.78 is 0.